The highest BCUT2D eigenvalue weighted by molar-refractivity contribution is 5.57. The van der Waals surface area contributed by atoms with Gasteiger partial charge in [-0.15, -0.1) is 5.11 Å². The maximum Gasteiger partial charge on any atom is 0.281 e. The van der Waals surface area contributed by atoms with Gasteiger partial charge in [0.2, 0.25) is 5.88 Å². The van der Waals surface area contributed by atoms with Gasteiger partial charge >= 0.3 is 0 Å². The second-order valence-electron chi connectivity index (χ2n) is 6.04. The number of aromatic hydroxyl groups is 1. The summed E-state index contributed by atoms with van der Waals surface area (Å²) in [6.45, 7) is 8.99. The standard InChI is InChI=1S/C18H20N4O2/c1-10(2)22-17(23)14(9-19)13(5)16(18(22)24)21-20-15-7-6-11(3)8-12(15)4/h6-8,10,23H,1-5H3. The van der Waals surface area contributed by atoms with Crippen LogP contribution in [0.25, 0.3) is 0 Å². The molecule has 0 aliphatic heterocycles. The third-order valence-corrected chi connectivity index (χ3v) is 3.84. The first-order valence-electron chi connectivity index (χ1n) is 7.65. The van der Waals surface area contributed by atoms with Crippen LogP contribution in [-0.4, -0.2) is 9.67 Å². The van der Waals surface area contributed by atoms with Crippen molar-refractivity contribution in [3.63, 3.8) is 0 Å². The summed E-state index contributed by atoms with van der Waals surface area (Å²) in [7, 11) is 0. The Morgan fingerprint density at radius 3 is 2.42 bits per heavy atom. The number of pyridine rings is 1. The zero-order valence-electron chi connectivity index (χ0n) is 14.5. The van der Waals surface area contributed by atoms with Crippen molar-refractivity contribution in [2.45, 2.75) is 40.7 Å². The Morgan fingerprint density at radius 1 is 1.21 bits per heavy atom. The van der Waals surface area contributed by atoms with Crippen LogP contribution >= 0.6 is 0 Å². The van der Waals surface area contributed by atoms with Gasteiger partial charge in [-0.2, -0.15) is 10.4 Å². The van der Waals surface area contributed by atoms with Gasteiger partial charge in [0, 0.05) is 11.6 Å². The summed E-state index contributed by atoms with van der Waals surface area (Å²) in [5.41, 5.74) is 2.68. The molecule has 0 radical (unpaired) electrons. The minimum Gasteiger partial charge on any atom is -0.493 e. The molecule has 0 atom stereocenters. The molecular formula is C18H20N4O2. The van der Waals surface area contributed by atoms with Crippen molar-refractivity contribution in [3.05, 3.63) is 50.8 Å². The van der Waals surface area contributed by atoms with Gasteiger partial charge in [-0.25, -0.2) is 0 Å². The van der Waals surface area contributed by atoms with E-state index in [-0.39, 0.29) is 23.2 Å². The van der Waals surface area contributed by atoms with Gasteiger partial charge in [0.1, 0.15) is 11.6 Å². The van der Waals surface area contributed by atoms with E-state index in [9.17, 15) is 15.2 Å². The summed E-state index contributed by atoms with van der Waals surface area (Å²) in [4.78, 5) is 12.6. The smallest absolute Gasteiger partial charge is 0.281 e. The summed E-state index contributed by atoms with van der Waals surface area (Å²) in [6, 6.07) is 7.35. The largest absolute Gasteiger partial charge is 0.493 e. The van der Waals surface area contributed by atoms with Crippen LogP contribution in [0.5, 0.6) is 5.88 Å². The van der Waals surface area contributed by atoms with Crippen LogP contribution in [0.1, 0.15) is 42.1 Å². The maximum atomic E-state index is 12.6. The molecule has 2 aromatic rings. The summed E-state index contributed by atoms with van der Waals surface area (Å²) in [6.07, 6.45) is 0. The minimum atomic E-state index is -0.465. The lowest BCUT2D eigenvalue weighted by Gasteiger charge is -2.15. The highest BCUT2D eigenvalue weighted by Crippen LogP contribution is 2.29. The number of rotatable bonds is 3. The van der Waals surface area contributed by atoms with E-state index < -0.39 is 5.56 Å². The third-order valence-electron chi connectivity index (χ3n) is 3.84. The molecule has 1 aromatic carbocycles. The van der Waals surface area contributed by atoms with Crippen LogP contribution in [0.15, 0.2) is 33.2 Å². The van der Waals surface area contributed by atoms with Crippen LogP contribution in [0.2, 0.25) is 0 Å². The van der Waals surface area contributed by atoms with Gasteiger partial charge in [-0.1, -0.05) is 17.7 Å². The Morgan fingerprint density at radius 2 is 1.88 bits per heavy atom. The molecule has 6 heteroatoms. The predicted octanol–water partition coefficient (Wildman–Crippen LogP) is 4.35. The monoisotopic (exact) mass is 324 g/mol. The van der Waals surface area contributed by atoms with Crippen molar-refractivity contribution >= 4 is 11.4 Å². The van der Waals surface area contributed by atoms with E-state index in [0.29, 0.717) is 11.3 Å². The van der Waals surface area contributed by atoms with Crippen LogP contribution in [0, 0.1) is 32.1 Å². The fourth-order valence-electron chi connectivity index (χ4n) is 2.53. The number of hydrogen-bond donors (Lipinski definition) is 1. The quantitative estimate of drug-likeness (QED) is 0.851. The molecule has 0 fully saturated rings. The number of aromatic nitrogens is 1. The first kappa shape index (κ1) is 17.4. The molecule has 1 N–H and O–H groups in total. The second kappa shape index (κ2) is 6.67. The predicted molar refractivity (Wildman–Crippen MR) is 92.3 cm³/mol. The number of azo groups is 1. The summed E-state index contributed by atoms with van der Waals surface area (Å²) < 4.78 is 1.15. The molecule has 2 rings (SSSR count). The van der Waals surface area contributed by atoms with Gasteiger partial charge in [0.05, 0.1) is 5.69 Å². The molecule has 0 unspecified atom stereocenters. The summed E-state index contributed by atoms with van der Waals surface area (Å²) >= 11 is 0. The van der Waals surface area contributed by atoms with Crippen LogP contribution in [0.4, 0.5) is 11.4 Å². The zero-order valence-corrected chi connectivity index (χ0v) is 14.5. The number of benzene rings is 1. The number of nitrogens with zero attached hydrogens (tertiary/aromatic N) is 4. The van der Waals surface area contributed by atoms with Crippen molar-refractivity contribution in [2.75, 3.05) is 0 Å². The molecule has 0 aliphatic carbocycles. The van der Waals surface area contributed by atoms with Gasteiger partial charge in [0.25, 0.3) is 5.56 Å². The van der Waals surface area contributed by atoms with E-state index in [1.54, 1.807) is 20.8 Å². The minimum absolute atomic E-state index is 0.0397. The average molecular weight is 324 g/mol. The van der Waals surface area contributed by atoms with Crippen molar-refractivity contribution in [2.24, 2.45) is 10.2 Å². The molecule has 0 bridgehead atoms. The average Bonchev–Trinajstić information content (AvgIpc) is 2.49. The van der Waals surface area contributed by atoms with Gasteiger partial charge < -0.3 is 5.11 Å². The normalized spacial score (nSPS) is 11.2. The highest BCUT2D eigenvalue weighted by Gasteiger charge is 2.20. The molecule has 0 saturated heterocycles. The molecule has 1 aromatic heterocycles. The molecule has 1 heterocycles. The molecule has 6 nitrogen and oxygen atoms in total. The Bertz CT molecular complexity index is 918. The maximum absolute atomic E-state index is 12.6. The van der Waals surface area contributed by atoms with E-state index in [4.69, 9.17) is 0 Å². The first-order valence-corrected chi connectivity index (χ1v) is 7.65. The lowest BCUT2D eigenvalue weighted by atomic mass is 10.1. The van der Waals surface area contributed by atoms with E-state index in [0.717, 1.165) is 15.7 Å². The van der Waals surface area contributed by atoms with Crippen LogP contribution in [0.3, 0.4) is 0 Å². The molecule has 0 amide bonds. The topological polar surface area (TPSA) is 90.7 Å². The third kappa shape index (κ3) is 3.06. The Kier molecular flexibility index (Phi) is 4.84. The number of hydrogen-bond acceptors (Lipinski definition) is 5. The SMILES string of the molecule is Cc1ccc(N=Nc2c(C)c(C#N)c(O)n(C(C)C)c2=O)c(C)c1. The highest BCUT2D eigenvalue weighted by atomic mass is 16.3. The van der Waals surface area contributed by atoms with E-state index >= 15 is 0 Å². The molecular weight excluding hydrogens is 304 g/mol. The van der Waals surface area contributed by atoms with Gasteiger partial charge in [-0.05, 0) is 46.2 Å². The zero-order chi connectivity index (χ0) is 18.0. The second-order valence-corrected chi connectivity index (χ2v) is 6.04. The van der Waals surface area contributed by atoms with Crippen LogP contribution in [-0.2, 0) is 0 Å². The van der Waals surface area contributed by atoms with E-state index in [2.05, 4.69) is 10.2 Å². The molecule has 0 spiro atoms. The summed E-state index contributed by atoms with van der Waals surface area (Å²) in [5, 5.41) is 27.7. The van der Waals surface area contributed by atoms with E-state index in [1.165, 1.54) is 0 Å². The number of nitriles is 1. The Hall–Kier alpha value is -2.94. The van der Waals surface area contributed by atoms with E-state index in [1.807, 2.05) is 38.1 Å². The van der Waals surface area contributed by atoms with Crippen LogP contribution < -0.4 is 5.56 Å². The van der Waals surface area contributed by atoms with Crippen molar-refractivity contribution < 1.29 is 5.11 Å². The lowest BCUT2D eigenvalue weighted by Crippen LogP contribution is -2.23. The van der Waals surface area contributed by atoms with Gasteiger partial charge in [0.15, 0.2) is 5.69 Å². The number of aryl methyl sites for hydroxylation is 2. The molecule has 124 valence electrons. The lowest BCUT2D eigenvalue weighted by molar-refractivity contribution is 0.386. The first-order chi connectivity index (χ1) is 11.3. The molecule has 24 heavy (non-hydrogen) atoms. The van der Waals surface area contributed by atoms with Crippen molar-refractivity contribution in [1.82, 2.24) is 4.57 Å². The molecule has 0 aliphatic rings. The van der Waals surface area contributed by atoms with Crippen molar-refractivity contribution in [1.29, 1.82) is 5.26 Å². The fourth-order valence-corrected chi connectivity index (χ4v) is 2.53. The summed E-state index contributed by atoms with van der Waals surface area (Å²) in [5.74, 6) is -0.333. The Balaban J connectivity index is 2.66. The van der Waals surface area contributed by atoms with Gasteiger partial charge in [-0.3, -0.25) is 9.36 Å². The molecule has 0 saturated carbocycles. The Labute approximate surface area is 140 Å². The fraction of sp³-hybridized carbons (Fsp3) is 0.333. The van der Waals surface area contributed by atoms with Crippen molar-refractivity contribution in [3.8, 4) is 11.9 Å².